The predicted molar refractivity (Wildman–Crippen MR) is 82.0 cm³/mol. The lowest BCUT2D eigenvalue weighted by atomic mass is 10.1. The van der Waals surface area contributed by atoms with Crippen LogP contribution >= 0.6 is 7.82 Å². The molecule has 1 saturated heterocycles. The molecule has 5 atom stereocenters. The van der Waals surface area contributed by atoms with Crippen LogP contribution in [0.25, 0.3) is 0 Å². The Balaban J connectivity index is 2.16. The maximum absolute atomic E-state index is 12.2. The van der Waals surface area contributed by atoms with Crippen LogP contribution in [0.3, 0.4) is 0 Å². The van der Waals surface area contributed by atoms with Crippen molar-refractivity contribution < 1.29 is 58.4 Å². The number of amides is 1. The molecule has 5 N–H and O–H groups in total. The second-order valence-electron chi connectivity index (χ2n) is 6.10. The summed E-state index contributed by atoms with van der Waals surface area (Å²) in [6.45, 7) is -0.905. The first kappa shape index (κ1) is 23.7. The predicted octanol–water partition coefficient (Wildman–Crippen LogP) is -7.08. The molecule has 1 aromatic rings. The number of rotatable bonds is 9. The SMILES string of the molecule is Nc1c(C(=O)N[C@@H](CC(=O)[O-])C(=O)[O-])ncn1[C@@H]1O[C@H](COP(=O)([O-])[O-])[C@@H](O)[C@H]1O. The highest BCUT2D eigenvalue weighted by Gasteiger charge is 2.44. The first-order chi connectivity index (χ1) is 13.8. The Hall–Kier alpha value is -2.59. The summed E-state index contributed by atoms with van der Waals surface area (Å²) in [5.41, 5.74) is 5.16. The van der Waals surface area contributed by atoms with Crippen molar-refractivity contribution in [1.29, 1.82) is 0 Å². The molecule has 1 amide bonds. The quantitative estimate of drug-likeness (QED) is 0.254. The highest BCUT2D eigenvalue weighted by Crippen LogP contribution is 2.34. The van der Waals surface area contributed by atoms with Crippen LogP contribution in [0.5, 0.6) is 0 Å². The van der Waals surface area contributed by atoms with Crippen LogP contribution in [0.4, 0.5) is 5.82 Å². The fourth-order valence-electron chi connectivity index (χ4n) is 2.60. The molecule has 0 radical (unpaired) electrons. The Labute approximate surface area is 167 Å². The minimum absolute atomic E-state index is 0.478. The lowest BCUT2D eigenvalue weighted by Crippen LogP contribution is -2.50. The van der Waals surface area contributed by atoms with Gasteiger partial charge in [-0.15, -0.1) is 0 Å². The van der Waals surface area contributed by atoms with E-state index in [0.29, 0.717) is 0 Å². The molecule has 17 heteroatoms. The highest BCUT2D eigenvalue weighted by atomic mass is 31.2. The number of nitrogens with zero attached hydrogens (tertiary/aromatic N) is 2. The number of aliphatic carboxylic acids is 2. The van der Waals surface area contributed by atoms with Gasteiger partial charge in [0.05, 0.1) is 32.8 Å². The van der Waals surface area contributed by atoms with Crippen LogP contribution in [0.1, 0.15) is 23.1 Å². The average molecular weight is 450 g/mol. The molecule has 30 heavy (non-hydrogen) atoms. The number of imidazole rings is 1. The molecule has 1 aliphatic heterocycles. The molecule has 0 unspecified atom stereocenters. The number of ether oxygens (including phenoxy) is 1. The zero-order chi connectivity index (χ0) is 22.8. The summed E-state index contributed by atoms with van der Waals surface area (Å²) in [7, 11) is -5.38. The van der Waals surface area contributed by atoms with Gasteiger partial charge in [0.2, 0.25) is 0 Å². The monoisotopic (exact) mass is 450 g/mol. The summed E-state index contributed by atoms with van der Waals surface area (Å²) in [5.74, 6) is -5.35. The Morgan fingerprint density at radius 3 is 2.50 bits per heavy atom. The first-order valence-electron chi connectivity index (χ1n) is 8.04. The summed E-state index contributed by atoms with van der Waals surface area (Å²) in [4.78, 5) is 58.4. The first-order valence-corrected chi connectivity index (χ1v) is 9.50. The van der Waals surface area contributed by atoms with Gasteiger partial charge in [-0.1, -0.05) is 0 Å². The molecule has 1 aliphatic rings. The van der Waals surface area contributed by atoms with Gasteiger partial charge in [-0.25, -0.2) is 4.98 Å². The number of phosphoric ester groups is 1. The number of anilines is 1. The van der Waals surface area contributed by atoms with Crippen molar-refractivity contribution in [2.75, 3.05) is 12.3 Å². The number of nitrogen functional groups attached to an aromatic ring is 1. The molecule has 0 bridgehead atoms. The van der Waals surface area contributed by atoms with E-state index in [2.05, 4.69) is 9.51 Å². The smallest absolute Gasteiger partial charge is 0.274 e. The summed E-state index contributed by atoms with van der Waals surface area (Å²) >= 11 is 0. The van der Waals surface area contributed by atoms with Crippen molar-refractivity contribution in [2.24, 2.45) is 0 Å². The Morgan fingerprint density at radius 2 is 1.97 bits per heavy atom. The van der Waals surface area contributed by atoms with Gasteiger partial charge in [0, 0.05) is 12.4 Å². The summed E-state index contributed by atoms with van der Waals surface area (Å²) in [6, 6.07) is -1.95. The highest BCUT2D eigenvalue weighted by molar-refractivity contribution is 7.43. The molecule has 2 rings (SSSR count). The van der Waals surface area contributed by atoms with Crippen LogP contribution in [0, 0.1) is 0 Å². The van der Waals surface area contributed by atoms with Crippen LogP contribution < -0.4 is 31.1 Å². The molecule has 1 aromatic heterocycles. The van der Waals surface area contributed by atoms with Crippen molar-refractivity contribution >= 4 is 31.5 Å². The number of hydrogen-bond acceptors (Lipinski definition) is 14. The van der Waals surface area contributed by atoms with Crippen LogP contribution in [-0.2, 0) is 23.4 Å². The molecule has 1 fully saturated rings. The zero-order valence-electron chi connectivity index (χ0n) is 14.8. The van der Waals surface area contributed by atoms with E-state index in [1.807, 2.05) is 5.32 Å². The molecule has 168 valence electrons. The standard InChI is InChI=1S/C13H19N4O12P/c14-10-7(11(22)16-4(13(23)24)1-6(18)19)15-3-17(10)12-9(21)8(20)5(29-12)2-28-30(25,26)27/h3-5,8-9,12,20-21H,1-2,14H2,(H,16,22)(H,18,19)(H,23,24)(H2,25,26,27)/p-4/t4-,5+,8+,9+,12+/m0/s1. The molecule has 2 heterocycles. The van der Waals surface area contributed by atoms with Crippen molar-refractivity contribution in [2.45, 2.75) is 37.0 Å². The molecule has 0 saturated carbocycles. The number of phosphoric acid groups is 1. The lowest BCUT2D eigenvalue weighted by Gasteiger charge is -2.30. The summed E-state index contributed by atoms with van der Waals surface area (Å²) < 4.78 is 20.6. The van der Waals surface area contributed by atoms with Crippen molar-refractivity contribution in [1.82, 2.24) is 14.9 Å². The number of hydrogen-bond donors (Lipinski definition) is 4. The maximum Gasteiger partial charge on any atom is 0.274 e. The number of aliphatic hydroxyl groups excluding tert-OH is 2. The second-order valence-corrected chi connectivity index (χ2v) is 7.25. The summed E-state index contributed by atoms with van der Waals surface area (Å²) in [5, 5.41) is 43.3. The molecule has 0 spiro atoms. The molecular formula is C13H15N4O12P-4. The van der Waals surface area contributed by atoms with Gasteiger partial charge in [-0.3, -0.25) is 9.36 Å². The van der Waals surface area contributed by atoms with Crippen LogP contribution in [0.2, 0.25) is 0 Å². The third-order valence-corrected chi connectivity index (χ3v) is 4.48. The number of carboxylic acid groups (broad SMARTS) is 2. The van der Waals surface area contributed by atoms with E-state index in [0.717, 1.165) is 10.9 Å². The van der Waals surface area contributed by atoms with Gasteiger partial charge >= 0.3 is 0 Å². The van der Waals surface area contributed by atoms with Crippen molar-refractivity contribution in [3.63, 3.8) is 0 Å². The molecule has 16 nitrogen and oxygen atoms in total. The van der Waals surface area contributed by atoms with E-state index in [-0.39, 0.29) is 0 Å². The van der Waals surface area contributed by atoms with Gasteiger partial charge < -0.3 is 64.7 Å². The molecule has 0 aromatic carbocycles. The third-order valence-electron chi connectivity index (χ3n) is 4.02. The van der Waals surface area contributed by atoms with E-state index in [9.17, 15) is 49.2 Å². The fraction of sp³-hybridized carbons (Fsp3) is 0.538. The number of carbonyl (C=O) groups is 3. The van der Waals surface area contributed by atoms with E-state index >= 15 is 0 Å². The fourth-order valence-corrected chi connectivity index (χ4v) is 2.93. The molecular weight excluding hydrogens is 435 g/mol. The normalized spacial score (nSPS) is 25.1. The third kappa shape index (κ3) is 5.51. The minimum atomic E-state index is -5.38. The number of aromatic nitrogens is 2. The Kier molecular flexibility index (Phi) is 7.14. The Bertz CT molecular complexity index is 868. The maximum atomic E-state index is 12.2. The van der Waals surface area contributed by atoms with E-state index in [4.69, 9.17) is 10.5 Å². The largest absolute Gasteiger partial charge is 0.790 e. The van der Waals surface area contributed by atoms with Gasteiger partial charge in [0.1, 0.15) is 24.1 Å². The van der Waals surface area contributed by atoms with Gasteiger partial charge in [-0.2, -0.15) is 0 Å². The van der Waals surface area contributed by atoms with Gasteiger partial charge in [0.25, 0.3) is 5.91 Å². The van der Waals surface area contributed by atoms with Crippen LogP contribution in [-0.4, -0.2) is 68.6 Å². The van der Waals surface area contributed by atoms with E-state index < -0.39 is 80.8 Å². The van der Waals surface area contributed by atoms with Crippen molar-refractivity contribution in [3.05, 3.63) is 12.0 Å². The minimum Gasteiger partial charge on any atom is -0.790 e. The summed E-state index contributed by atoms with van der Waals surface area (Å²) in [6.07, 6.45) is -6.56. The zero-order valence-corrected chi connectivity index (χ0v) is 15.7. The average Bonchev–Trinajstić information content (AvgIpc) is 3.12. The number of nitrogens with two attached hydrogens (primary N) is 1. The van der Waals surface area contributed by atoms with Crippen LogP contribution in [0.15, 0.2) is 6.33 Å². The number of aliphatic hydroxyl groups is 2. The number of nitrogens with one attached hydrogen (secondary N) is 1. The topological polar surface area (TPSA) is 275 Å². The molecule has 0 aliphatic carbocycles. The van der Waals surface area contributed by atoms with E-state index in [1.165, 1.54) is 0 Å². The van der Waals surface area contributed by atoms with Crippen molar-refractivity contribution in [3.8, 4) is 0 Å². The van der Waals surface area contributed by atoms with E-state index in [1.54, 1.807) is 0 Å². The lowest BCUT2D eigenvalue weighted by molar-refractivity contribution is -0.343. The Morgan fingerprint density at radius 1 is 1.33 bits per heavy atom. The number of carbonyl (C=O) groups excluding carboxylic acids is 3. The second kappa shape index (κ2) is 9.05. The number of carboxylic acids is 2. The van der Waals surface area contributed by atoms with Gasteiger partial charge in [0.15, 0.2) is 11.9 Å². The van der Waals surface area contributed by atoms with Gasteiger partial charge in [-0.05, 0) is 0 Å².